The maximum Gasteiger partial charge on any atom is 0.176 e. The summed E-state index contributed by atoms with van der Waals surface area (Å²) >= 11 is 0. The molecule has 7 heteroatoms. The van der Waals surface area contributed by atoms with Crippen LogP contribution < -0.4 is 5.32 Å². The molecule has 1 N–H and O–H groups in total. The molecule has 0 aliphatic rings. The molecule has 0 fully saturated rings. The quantitative estimate of drug-likeness (QED) is 0.749. The lowest BCUT2D eigenvalue weighted by atomic mass is 10.0. The topological polar surface area (TPSA) is 81.4 Å². The Labute approximate surface area is 116 Å². The van der Waals surface area contributed by atoms with E-state index >= 15 is 0 Å². The first kappa shape index (κ1) is 12.6. The van der Waals surface area contributed by atoms with Gasteiger partial charge in [-0.15, -0.1) is 10.2 Å². The number of hydrogen-bond donors (Lipinski definition) is 1. The van der Waals surface area contributed by atoms with Crippen molar-refractivity contribution < 1.29 is 0 Å². The Bertz CT molecular complexity index is 716. The van der Waals surface area contributed by atoms with Gasteiger partial charge in [0.1, 0.15) is 0 Å². The third kappa shape index (κ3) is 2.35. The summed E-state index contributed by atoms with van der Waals surface area (Å²) in [5.41, 5.74) is 2.88. The van der Waals surface area contributed by atoms with Crippen molar-refractivity contribution in [3.05, 3.63) is 42.0 Å². The molecular weight excluding hydrogens is 254 g/mol. The third-order valence-corrected chi connectivity index (χ3v) is 3.19. The van der Waals surface area contributed by atoms with E-state index in [1.165, 1.54) is 4.80 Å². The van der Waals surface area contributed by atoms with E-state index in [0.717, 1.165) is 16.6 Å². The molecule has 0 amide bonds. The number of nitrogens with one attached hydrogen (secondary N) is 1. The average molecular weight is 269 g/mol. The zero-order valence-electron chi connectivity index (χ0n) is 11.4. The largest absolute Gasteiger partial charge is 0.313 e. The van der Waals surface area contributed by atoms with Crippen LogP contribution in [0.1, 0.15) is 17.4 Å². The van der Waals surface area contributed by atoms with Gasteiger partial charge in [-0.05, 0) is 23.9 Å². The van der Waals surface area contributed by atoms with Crippen molar-refractivity contribution in [2.45, 2.75) is 12.5 Å². The number of benzene rings is 1. The molecule has 3 aromatic rings. The summed E-state index contributed by atoms with van der Waals surface area (Å²) < 4.78 is 0. The fourth-order valence-corrected chi connectivity index (χ4v) is 2.25. The maximum absolute atomic E-state index is 4.43. The van der Waals surface area contributed by atoms with E-state index in [1.807, 2.05) is 19.2 Å². The van der Waals surface area contributed by atoms with Gasteiger partial charge >= 0.3 is 0 Å². The van der Waals surface area contributed by atoms with Gasteiger partial charge in [-0.25, -0.2) is 0 Å². The van der Waals surface area contributed by atoms with Crippen LogP contribution in [0.25, 0.3) is 11.0 Å². The summed E-state index contributed by atoms with van der Waals surface area (Å²) in [5, 5.41) is 15.4. The fraction of sp³-hybridized carbons (Fsp3) is 0.308. The molecule has 0 saturated carbocycles. The van der Waals surface area contributed by atoms with Crippen molar-refractivity contribution in [1.82, 2.24) is 35.5 Å². The Balaban J connectivity index is 1.98. The predicted octanol–water partition coefficient (Wildman–Crippen LogP) is 0.656. The number of likely N-dealkylation sites (N-methyl/N-ethyl adjacent to an activating group) is 1. The lowest BCUT2D eigenvalue weighted by Crippen LogP contribution is -2.20. The van der Waals surface area contributed by atoms with Crippen LogP contribution in [0, 0.1) is 0 Å². The number of tetrazole rings is 1. The molecule has 1 aromatic carbocycles. The molecule has 102 valence electrons. The second-order valence-electron chi connectivity index (χ2n) is 4.51. The van der Waals surface area contributed by atoms with E-state index < -0.39 is 0 Å². The number of para-hydroxylation sites is 1. The molecule has 7 nitrogen and oxygen atoms in total. The molecule has 1 atom stereocenters. The molecule has 0 spiro atoms. The Morgan fingerprint density at radius 2 is 2.10 bits per heavy atom. The van der Waals surface area contributed by atoms with Gasteiger partial charge in [-0.2, -0.15) is 4.80 Å². The third-order valence-electron chi connectivity index (χ3n) is 3.19. The van der Waals surface area contributed by atoms with E-state index in [0.29, 0.717) is 12.2 Å². The number of rotatable bonds is 4. The number of aromatic nitrogens is 6. The van der Waals surface area contributed by atoms with Crippen LogP contribution in [0.2, 0.25) is 0 Å². The Hall–Kier alpha value is -2.41. The summed E-state index contributed by atoms with van der Waals surface area (Å²) in [6.45, 7) is 0. The molecule has 1 unspecified atom stereocenters. The van der Waals surface area contributed by atoms with Crippen LogP contribution in [0.5, 0.6) is 0 Å². The van der Waals surface area contributed by atoms with E-state index in [1.54, 1.807) is 19.4 Å². The summed E-state index contributed by atoms with van der Waals surface area (Å²) in [5.74, 6) is 0.702. The standard InChI is InChI=1S/C13H15N7/c1-14-11(8-12-17-19-20(2)18-12)9-4-3-5-10-13(9)16-7-6-15-10/h3-7,11,14H,8H2,1-2H3. The summed E-state index contributed by atoms with van der Waals surface area (Å²) in [4.78, 5) is 10.2. The van der Waals surface area contributed by atoms with E-state index in [-0.39, 0.29) is 6.04 Å². The number of aryl methyl sites for hydroxylation is 1. The maximum atomic E-state index is 4.43. The minimum Gasteiger partial charge on any atom is -0.313 e. The van der Waals surface area contributed by atoms with Crippen LogP contribution >= 0.6 is 0 Å². The minimum absolute atomic E-state index is 0.0691. The van der Waals surface area contributed by atoms with Gasteiger partial charge in [0.2, 0.25) is 0 Å². The molecule has 3 rings (SSSR count). The van der Waals surface area contributed by atoms with Crippen molar-refractivity contribution in [2.24, 2.45) is 7.05 Å². The first-order valence-electron chi connectivity index (χ1n) is 6.37. The smallest absolute Gasteiger partial charge is 0.176 e. The number of fused-ring (bicyclic) bond motifs is 1. The highest BCUT2D eigenvalue weighted by Gasteiger charge is 2.16. The molecule has 2 heterocycles. The number of nitrogens with zero attached hydrogens (tertiary/aromatic N) is 6. The minimum atomic E-state index is 0.0691. The van der Waals surface area contributed by atoms with Crippen LogP contribution in [-0.2, 0) is 13.5 Å². The lowest BCUT2D eigenvalue weighted by molar-refractivity contribution is 0.573. The second-order valence-corrected chi connectivity index (χ2v) is 4.51. The Kier molecular flexibility index (Phi) is 3.34. The molecular formula is C13H15N7. The normalized spacial score (nSPS) is 12.7. The van der Waals surface area contributed by atoms with Gasteiger partial charge < -0.3 is 5.32 Å². The summed E-state index contributed by atoms with van der Waals surface area (Å²) in [7, 11) is 3.67. The zero-order chi connectivity index (χ0) is 13.9. The van der Waals surface area contributed by atoms with E-state index in [9.17, 15) is 0 Å². The molecule has 20 heavy (non-hydrogen) atoms. The van der Waals surface area contributed by atoms with Crippen LogP contribution in [-0.4, -0.2) is 37.2 Å². The van der Waals surface area contributed by atoms with Crippen molar-refractivity contribution in [3.63, 3.8) is 0 Å². The first-order valence-corrected chi connectivity index (χ1v) is 6.37. The highest BCUT2D eigenvalue weighted by atomic mass is 15.6. The molecule has 0 saturated heterocycles. The van der Waals surface area contributed by atoms with Crippen LogP contribution in [0.3, 0.4) is 0 Å². The first-order chi connectivity index (χ1) is 9.78. The van der Waals surface area contributed by atoms with Crippen molar-refractivity contribution in [1.29, 1.82) is 0 Å². The molecule has 0 aliphatic carbocycles. The molecule has 2 aromatic heterocycles. The predicted molar refractivity (Wildman–Crippen MR) is 73.8 cm³/mol. The van der Waals surface area contributed by atoms with Gasteiger partial charge in [0, 0.05) is 24.9 Å². The zero-order valence-corrected chi connectivity index (χ0v) is 11.4. The highest BCUT2D eigenvalue weighted by Crippen LogP contribution is 2.22. The Morgan fingerprint density at radius 3 is 2.85 bits per heavy atom. The van der Waals surface area contributed by atoms with Gasteiger partial charge in [0.05, 0.1) is 18.1 Å². The fourth-order valence-electron chi connectivity index (χ4n) is 2.25. The van der Waals surface area contributed by atoms with Crippen molar-refractivity contribution >= 4 is 11.0 Å². The van der Waals surface area contributed by atoms with Gasteiger partial charge in [-0.3, -0.25) is 9.97 Å². The highest BCUT2D eigenvalue weighted by molar-refractivity contribution is 5.78. The summed E-state index contributed by atoms with van der Waals surface area (Å²) in [6, 6.07) is 6.06. The van der Waals surface area contributed by atoms with Gasteiger partial charge in [0.15, 0.2) is 5.82 Å². The summed E-state index contributed by atoms with van der Waals surface area (Å²) in [6.07, 6.45) is 4.06. The van der Waals surface area contributed by atoms with Gasteiger partial charge in [0.25, 0.3) is 0 Å². The number of hydrogen-bond acceptors (Lipinski definition) is 6. The van der Waals surface area contributed by atoms with Crippen molar-refractivity contribution in [3.8, 4) is 0 Å². The lowest BCUT2D eigenvalue weighted by Gasteiger charge is -2.16. The average Bonchev–Trinajstić information content (AvgIpc) is 2.89. The van der Waals surface area contributed by atoms with E-state index in [4.69, 9.17) is 0 Å². The Morgan fingerprint density at radius 1 is 1.25 bits per heavy atom. The SMILES string of the molecule is CNC(Cc1nnn(C)n1)c1cccc2nccnc12. The van der Waals surface area contributed by atoms with Crippen molar-refractivity contribution in [2.75, 3.05) is 7.05 Å². The van der Waals surface area contributed by atoms with Gasteiger partial charge in [-0.1, -0.05) is 12.1 Å². The van der Waals surface area contributed by atoms with E-state index in [2.05, 4.69) is 36.8 Å². The van der Waals surface area contributed by atoms with Crippen LogP contribution in [0.15, 0.2) is 30.6 Å². The monoisotopic (exact) mass is 269 g/mol. The van der Waals surface area contributed by atoms with Crippen LogP contribution in [0.4, 0.5) is 0 Å². The molecule has 0 radical (unpaired) electrons. The molecule has 0 bridgehead atoms. The second kappa shape index (κ2) is 5.30. The molecule has 0 aliphatic heterocycles.